The monoisotopic (exact) mass is 330 g/mol. The lowest BCUT2D eigenvalue weighted by Gasteiger charge is -2.08. The number of hydrogen-bond acceptors (Lipinski definition) is 4. The van der Waals surface area contributed by atoms with Crippen molar-refractivity contribution in [3.63, 3.8) is 0 Å². The van der Waals surface area contributed by atoms with Crippen molar-refractivity contribution < 1.29 is 19.4 Å². The van der Waals surface area contributed by atoms with Gasteiger partial charge >= 0.3 is 5.97 Å². The van der Waals surface area contributed by atoms with Gasteiger partial charge in [-0.3, -0.25) is 0 Å². The third-order valence-electron chi connectivity index (χ3n) is 3.23. The van der Waals surface area contributed by atoms with E-state index in [4.69, 9.17) is 4.74 Å². The summed E-state index contributed by atoms with van der Waals surface area (Å²) in [6.07, 6.45) is 7.02. The summed E-state index contributed by atoms with van der Waals surface area (Å²) < 4.78 is 10.2. The number of carbonyl (C=O) groups is 1. The fourth-order valence-electron chi connectivity index (χ4n) is 2.04. The lowest BCUT2D eigenvalue weighted by Crippen LogP contribution is -2.04. The van der Waals surface area contributed by atoms with Crippen molar-refractivity contribution in [3.05, 3.63) is 59.2 Å². The maximum absolute atomic E-state index is 11.0. The van der Waals surface area contributed by atoms with Crippen LogP contribution in [-0.4, -0.2) is 30.9 Å². The Hall–Kier alpha value is -2.33. The summed E-state index contributed by atoms with van der Waals surface area (Å²) in [5.41, 5.74) is 3.08. The first-order chi connectivity index (χ1) is 11.4. The van der Waals surface area contributed by atoms with E-state index in [1.807, 2.05) is 57.2 Å². The van der Waals surface area contributed by atoms with Crippen LogP contribution in [0.4, 0.5) is 0 Å². The molecular weight excluding hydrogens is 304 g/mol. The van der Waals surface area contributed by atoms with Crippen LogP contribution in [0.2, 0.25) is 0 Å². The maximum atomic E-state index is 11.0. The minimum atomic E-state index is -0.452. The van der Waals surface area contributed by atoms with Crippen LogP contribution in [0.1, 0.15) is 32.8 Å². The Labute approximate surface area is 144 Å². The summed E-state index contributed by atoms with van der Waals surface area (Å²) in [7, 11) is 1.35. The third-order valence-corrected chi connectivity index (χ3v) is 3.23. The number of esters is 1. The molecule has 1 atom stereocenters. The summed E-state index contributed by atoms with van der Waals surface area (Å²) >= 11 is 0. The number of rotatable bonds is 8. The summed E-state index contributed by atoms with van der Waals surface area (Å²) in [4.78, 5) is 11.0. The SMILES string of the molecule is COC(=O)C=Cc1ccc(OCC=C(C)C[C@@H](O)C=C(C)C)cc1. The van der Waals surface area contributed by atoms with Gasteiger partial charge in [0.15, 0.2) is 0 Å². The highest BCUT2D eigenvalue weighted by Crippen LogP contribution is 2.14. The first kappa shape index (κ1) is 19.7. The van der Waals surface area contributed by atoms with E-state index in [-0.39, 0.29) is 5.97 Å². The smallest absolute Gasteiger partial charge is 0.330 e. The zero-order chi connectivity index (χ0) is 17.9. The molecule has 4 heteroatoms. The van der Waals surface area contributed by atoms with Crippen molar-refractivity contribution in [1.82, 2.24) is 0 Å². The van der Waals surface area contributed by atoms with Crippen LogP contribution in [0, 0.1) is 0 Å². The highest BCUT2D eigenvalue weighted by molar-refractivity contribution is 5.86. The van der Waals surface area contributed by atoms with Gasteiger partial charge in [0.25, 0.3) is 0 Å². The molecule has 1 rings (SSSR count). The predicted molar refractivity (Wildman–Crippen MR) is 96.8 cm³/mol. The molecule has 0 saturated carbocycles. The van der Waals surface area contributed by atoms with Gasteiger partial charge in [-0.1, -0.05) is 29.4 Å². The second kappa shape index (κ2) is 10.4. The van der Waals surface area contributed by atoms with Crippen molar-refractivity contribution in [2.24, 2.45) is 0 Å². The number of carbonyl (C=O) groups excluding carboxylic acids is 1. The number of aliphatic hydroxyl groups is 1. The fraction of sp³-hybridized carbons (Fsp3) is 0.350. The molecule has 0 bridgehead atoms. The average molecular weight is 330 g/mol. The van der Waals surface area contributed by atoms with E-state index in [1.165, 1.54) is 13.2 Å². The molecule has 0 aliphatic carbocycles. The molecule has 0 radical (unpaired) electrons. The molecule has 0 aliphatic heterocycles. The highest BCUT2D eigenvalue weighted by atomic mass is 16.5. The van der Waals surface area contributed by atoms with Crippen molar-refractivity contribution in [3.8, 4) is 5.75 Å². The lowest BCUT2D eigenvalue weighted by atomic mass is 10.1. The molecule has 0 amide bonds. The molecule has 0 saturated heterocycles. The molecule has 1 aromatic carbocycles. The zero-order valence-electron chi connectivity index (χ0n) is 14.8. The van der Waals surface area contributed by atoms with Crippen LogP contribution in [-0.2, 0) is 9.53 Å². The average Bonchev–Trinajstić information content (AvgIpc) is 2.52. The molecule has 0 spiro atoms. The summed E-state index contributed by atoms with van der Waals surface area (Å²) in [6.45, 7) is 6.36. The van der Waals surface area contributed by atoms with E-state index in [0.717, 1.165) is 22.5 Å². The predicted octanol–water partition coefficient (Wildman–Crippen LogP) is 3.92. The van der Waals surface area contributed by atoms with Gasteiger partial charge in [-0.2, -0.15) is 0 Å². The summed E-state index contributed by atoms with van der Waals surface area (Å²) in [5.74, 6) is 0.366. The Bertz CT molecular complexity index is 605. The third kappa shape index (κ3) is 8.34. The van der Waals surface area contributed by atoms with E-state index in [9.17, 15) is 9.90 Å². The molecule has 1 N–H and O–H groups in total. The van der Waals surface area contributed by atoms with Crippen LogP contribution in [0.25, 0.3) is 6.08 Å². The van der Waals surface area contributed by atoms with Gasteiger partial charge in [0, 0.05) is 6.08 Å². The van der Waals surface area contributed by atoms with Crippen molar-refractivity contribution >= 4 is 12.0 Å². The van der Waals surface area contributed by atoms with Crippen molar-refractivity contribution in [1.29, 1.82) is 0 Å². The van der Waals surface area contributed by atoms with Crippen LogP contribution < -0.4 is 4.74 Å². The minimum absolute atomic E-state index is 0.383. The Morgan fingerprint density at radius 2 is 1.88 bits per heavy atom. The Morgan fingerprint density at radius 1 is 1.21 bits per heavy atom. The summed E-state index contributed by atoms with van der Waals surface area (Å²) in [6, 6.07) is 7.42. The molecule has 0 fully saturated rings. The number of aliphatic hydroxyl groups excluding tert-OH is 1. The first-order valence-electron chi connectivity index (χ1n) is 7.88. The van der Waals surface area contributed by atoms with Crippen LogP contribution in [0.5, 0.6) is 5.75 Å². The number of ether oxygens (including phenoxy) is 2. The molecule has 24 heavy (non-hydrogen) atoms. The fourth-order valence-corrected chi connectivity index (χ4v) is 2.04. The minimum Gasteiger partial charge on any atom is -0.490 e. The van der Waals surface area contributed by atoms with Gasteiger partial charge in [-0.25, -0.2) is 4.79 Å². The zero-order valence-corrected chi connectivity index (χ0v) is 14.8. The topological polar surface area (TPSA) is 55.8 Å². The second-order valence-corrected chi connectivity index (χ2v) is 5.80. The van der Waals surface area contributed by atoms with E-state index in [2.05, 4.69) is 4.74 Å². The molecule has 0 aromatic heterocycles. The van der Waals surface area contributed by atoms with E-state index >= 15 is 0 Å². The van der Waals surface area contributed by atoms with Crippen LogP contribution >= 0.6 is 0 Å². The number of methoxy groups -OCH3 is 1. The van der Waals surface area contributed by atoms with Crippen LogP contribution in [0.3, 0.4) is 0 Å². The quantitative estimate of drug-likeness (QED) is 0.446. The molecule has 0 unspecified atom stereocenters. The lowest BCUT2D eigenvalue weighted by molar-refractivity contribution is -0.134. The van der Waals surface area contributed by atoms with Gasteiger partial charge in [0.1, 0.15) is 12.4 Å². The second-order valence-electron chi connectivity index (χ2n) is 5.80. The molecular formula is C20H26O4. The summed E-state index contributed by atoms with van der Waals surface area (Å²) in [5, 5.41) is 9.85. The standard InChI is InChI=1S/C20H26O4/c1-15(2)13-18(21)14-16(3)11-12-24-19-8-5-17(6-9-19)7-10-20(22)23-4/h5-11,13,18,21H,12,14H2,1-4H3/t18-/m0/s1. The van der Waals surface area contributed by atoms with Crippen LogP contribution in [0.15, 0.2) is 53.6 Å². The highest BCUT2D eigenvalue weighted by Gasteiger charge is 2.01. The Morgan fingerprint density at radius 3 is 2.46 bits per heavy atom. The van der Waals surface area contributed by atoms with Gasteiger partial charge in [-0.15, -0.1) is 0 Å². The molecule has 4 nitrogen and oxygen atoms in total. The van der Waals surface area contributed by atoms with Crippen molar-refractivity contribution in [2.45, 2.75) is 33.3 Å². The number of allylic oxidation sites excluding steroid dienone is 1. The Balaban J connectivity index is 2.47. The van der Waals surface area contributed by atoms with E-state index < -0.39 is 6.10 Å². The maximum Gasteiger partial charge on any atom is 0.330 e. The normalized spacial score (nSPS) is 12.8. The molecule has 1 aromatic rings. The van der Waals surface area contributed by atoms with Gasteiger partial charge in [-0.05, 0) is 57.0 Å². The number of hydrogen-bond donors (Lipinski definition) is 1. The van der Waals surface area contributed by atoms with Gasteiger partial charge < -0.3 is 14.6 Å². The Kier molecular flexibility index (Phi) is 8.58. The van der Waals surface area contributed by atoms with Gasteiger partial charge in [0.2, 0.25) is 0 Å². The molecule has 130 valence electrons. The molecule has 0 aliphatic rings. The van der Waals surface area contributed by atoms with E-state index in [1.54, 1.807) is 6.08 Å². The van der Waals surface area contributed by atoms with E-state index in [0.29, 0.717) is 13.0 Å². The molecule has 0 heterocycles. The van der Waals surface area contributed by atoms with Crippen molar-refractivity contribution in [2.75, 3.05) is 13.7 Å². The largest absolute Gasteiger partial charge is 0.490 e. The van der Waals surface area contributed by atoms with Gasteiger partial charge in [0.05, 0.1) is 13.2 Å². The number of benzene rings is 1. The first-order valence-corrected chi connectivity index (χ1v) is 7.88.